The van der Waals surface area contributed by atoms with E-state index < -0.39 is 0 Å². The molecule has 6 nitrogen and oxygen atoms in total. The van der Waals surface area contributed by atoms with Crippen molar-refractivity contribution in [3.8, 4) is 0 Å². The highest BCUT2D eigenvalue weighted by atomic mass is 16.2. The van der Waals surface area contributed by atoms with E-state index in [0.717, 1.165) is 64.3 Å². The van der Waals surface area contributed by atoms with E-state index in [1.807, 2.05) is 31.3 Å². The zero-order valence-electron chi connectivity index (χ0n) is 16.0. The van der Waals surface area contributed by atoms with Gasteiger partial charge in [-0.1, -0.05) is 6.07 Å². The highest BCUT2D eigenvalue weighted by Gasteiger charge is 2.23. The first-order chi connectivity index (χ1) is 12.5. The second kappa shape index (κ2) is 8.64. The number of piperazine rings is 1. The van der Waals surface area contributed by atoms with Crippen LogP contribution in [-0.4, -0.2) is 86.4 Å². The molecule has 0 unspecified atom stereocenters. The van der Waals surface area contributed by atoms with Gasteiger partial charge in [-0.05, 0) is 44.6 Å². The normalized spacial score (nSPS) is 19.2. The molecule has 2 aliphatic heterocycles. The average Bonchev–Trinajstić information content (AvgIpc) is 3.08. The zero-order chi connectivity index (χ0) is 18.5. The molecule has 2 fully saturated rings. The van der Waals surface area contributed by atoms with Crippen LogP contribution in [0.1, 0.15) is 29.6 Å². The highest BCUT2D eigenvalue weighted by molar-refractivity contribution is 5.98. The van der Waals surface area contributed by atoms with E-state index in [0.29, 0.717) is 12.0 Å². The molecule has 0 spiro atoms. The lowest BCUT2D eigenvalue weighted by Gasteiger charge is -2.32. The standard InChI is InChI=1S/C20H30N4O2/c1-21-12-14-23(15-13-21)10-5-9-22(2)20(26)17-6-3-7-18(16-17)24-11-4-8-19(24)25/h3,6-7,16H,4-5,8-15H2,1-2H3. The Hall–Kier alpha value is -1.92. The number of hydrogen-bond donors (Lipinski definition) is 0. The molecule has 3 rings (SSSR count). The summed E-state index contributed by atoms with van der Waals surface area (Å²) in [7, 11) is 4.02. The summed E-state index contributed by atoms with van der Waals surface area (Å²) in [6.07, 6.45) is 2.48. The third-order valence-corrected chi connectivity index (χ3v) is 5.39. The molecule has 0 aliphatic carbocycles. The summed E-state index contributed by atoms with van der Waals surface area (Å²) in [5.41, 5.74) is 1.49. The van der Waals surface area contributed by atoms with Gasteiger partial charge >= 0.3 is 0 Å². The van der Waals surface area contributed by atoms with Gasteiger partial charge in [0.05, 0.1) is 0 Å². The highest BCUT2D eigenvalue weighted by Crippen LogP contribution is 2.22. The van der Waals surface area contributed by atoms with Gasteiger partial charge in [-0.25, -0.2) is 0 Å². The number of carbonyl (C=O) groups is 2. The average molecular weight is 358 g/mol. The van der Waals surface area contributed by atoms with Crippen molar-refractivity contribution in [2.75, 3.05) is 64.8 Å². The van der Waals surface area contributed by atoms with E-state index in [9.17, 15) is 9.59 Å². The molecule has 0 radical (unpaired) electrons. The van der Waals surface area contributed by atoms with Gasteiger partial charge in [-0.15, -0.1) is 0 Å². The van der Waals surface area contributed by atoms with Crippen LogP contribution in [0.5, 0.6) is 0 Å². The van der Waals surface area contributed by atoms with Crippen LogP contribution < -0.4 is 4.90 Å². The summed E-state index contributed by atoms with van der Waals surface area (Å²) >= 11 is 0. The Morgan fingerprint density at radius 1 is 1.15 bits per heavy atom. The minimum Gasteiger partial charge on any atom is -0.342 e. The van der Waals surface area contributed by atoms with Gasteiger partial charge in [0.15, 0.2) is 0 Å². The van der Waals surface area contributed by atoms with Crippen LogP contribution in [0.3, 0.4) is 0 Å². The molecule has 142 valence electrons. The fourth-order valence-electron chi connectivity index (χ4n) is 3.65. The SMILES string of the molecule is CN1CCN(CCCN(C)C(=O)c2cccc(N3CCCC3=O)c2)CC1. The number of amides is 2. The Bertz CT molecular complexity index is 640. The van der Waals surface area contributed by atoms with Crippen molar-refractivity contribution in [1.82, 2.24) is 14.7 Å². The van der Waals surface area contributed by atoms with Crippen LogP contribution in [0, 0.1) is 0 Å². The molecule has 0 N–H and O–H groups in total. The van der Waals surface area contributed by atoms with Crippen molar-refractivity contribution < 1.29 is 9.59 Å². The first-order valence-electron chi connectivity index (χ1n) is 9.61. The van der Waals surface area contributed by atoms with Gasteiger partial charge in [0.25, 0.3) is 5.91 Å². The van der Waals surface area contributed by atoms with Crippen molar-refractivity contribution in [2.24, 2.45) is 0 Å². The second-order valence-electron chi connectivity index (χ2n) is 7.42. The van der Waals surface area contributed by atoms with Gasteiger partial charge < -0.3 is 19.6 Å². The maximum Gasteiger partial charge on any atom is 0.253 e. The molecule has 2 amide bonds. The number of nitrogens with zero attached hydrogens (tertiary/aromatic N) is 4. The number of hydrogen-bond acceptors (Lipinski definition) is 4. The number of anilines is 1. The van der Waals surface area contributed by atoms with Crippen molar-refractivity contribution in [3.63, 3.8) is 0 Å². The van der Waals surface area contributed by atoms with Crippen molar-refractivity contribution in [1.29, 1.82) is 0 Å². The summed E-state index contributed by atoms with van der Waals surface area (Å²) < 4.78 is 0. The molecule has 1 aromatic carbocycles. The fourth-order valence-corrected chi connectivity index (χ4v) is 3.65. The smallest absolute Gasteiger partial charge is 0.253 e. The lowest BCUT2D eigenvalue weighted by Crippen LogP contribution is -2.45. The molecular weight excluding hydrogens is 328 g/mol. The molecule has 0 aromatic heterocycles. The Morgan fingerprint density at radius 2 is 1.92 bits per heavy atom. The van der Waals surface area contributed by atoms with Gasteiger partial charge in [0.1, 0.15) is 0 Å². The Labute approximate surface area is 156 Å². The maximum atomic E-state index is 12.7. The first kappa shape index (κ1) is 18.9. The number of benzene rings is 1. The predicted octanol–water partition coefficient (Wildman–Crippen LogP) is 1.52. The van der Waals surface area contributed by atoms with Crippen LogP contribution in [-0.2, 0) is 4.79 Å². The molecule has 2 heterocycles. The lowest BCUT2D eigenvalue weighted by atomic mass is 10.1. The third kappa shape index (κ3) is 4.62. The zero-order valence-corrected chi connectivity index (χ0v) is 16.0. The minimum absolute atomic E-state index is 0.0249. The van der Waals surface area contributed by atoms with E-state index in [2.05, 4.69) is 16.8 Å². The van der Waals surface area contributed by atoms with E-state index in [-0.39, 0.29) is 11.8 Å². The number of rotatable bonds is 6. The van der Waals surface area contributed by atoms with Gasteiger partial charge in [0.2, 0.25) is 5.91 Å². The Balaban J connectivity index is 1.51. The largest absolute Gasteiger partial charge is 0.342 e. The number of carbonyl (C=O) groups excluding carboxylic acids is 2. The molecular formula is C20H30N4O2. The summed E-state index contributed by atoms with van der Waals surface area (Å²) in [5.74, 6) is 0.173. The molecule has 0 bridgehead atoms. The summed E-state index contributed by atoms with van der Waals surface area (Å²) in [6.45, 7) is 7.00. The quantitative estimate of drug-likeness (QED) is 0.774. The molecule has 26 heavy (non-hydrogen) atoms. The predicted molar refractivity (Wildman–Crippen MR) is 104 cm³/mol. The third-order valence-electron chi connectivity index (χ3n) is 5.39. The number of likely N-dealkylation sites (N-methyl/N-ethyl adjacent to an activating group) is 1. The van der Waals surface area contributed by atoms with Gasteiger partial charge in [-0.3, -0.25) is 9.59 Å². The second-order valence-corrected chi connectivity index (χ2v) is 7.42. The van der Waals surface area contributed by atoms with Crippen molar-refractivity contribution in [3.05, 3.63) is 29.8 Å². The van der Waals surface area contributed by atoms with Crippen LogP contribution in [0.25, 0.3) is 0 Å². The molecule has 6 heteroatoms. The minimum atomic E-state index is 0.0249. The lowest BCUT2D eigenvalue weighted by molar-refractivity contribution is -0.117. The van der Waals surface area contributed by atoms with Crippen LogP contribution >= 0.6 is 0 Å². The Kier molecular flexibility index (Phi) is 6.27. The molecule has 2 saturated heterocycles. The van der Waals surface area contributed by atoms with Gasteiger partial charge in [0, 0.05) is 64.0 Å². The molecule has 0 atom stereocenters. The fraction of sp³-hybridized carbons (Fsp3) is 0.600. The van der Waals surface area contributed by atoms with Crippen molar-refractivity contribution in [2.45, 2.75) is 19.3 Å². The van der Waals surface area contributed by atoms with Gasteiger partial charge in [-0.2, -0.15) is 0 Å². The summed E-state index contributed by atoms with van der Waals surface area (Å²) in [5, 5.41) is 0. The van der Waals surface area contributed by atoms with E-state index >= 15 is 0 Å². The van der Waals surface area contributed by atoms with Crippen LogP contribution in [0.15, 0.2) is 24.3 Å². The van der Waals surface area contributed by atoms with E-state index in [1.54, 1.807) is 9.80 Å². The molecule has 1 aromatic rings. The van der Waals surface area contributed by atoms with Crippen LogP contribution in [0.4, 0.5) is 5.69 Å². The topological polar surface area (TPSA) is 47.1 Å². The molecule has 0 saturated carbocycles. The van der Waals surface area contributed by atoms with Crippen molar-refractivity contribution >= 4 is 17.5 Å². The van der Waals surface area contributed by atoms with E-state index in [1.165, 1.54) is 0 Å². The summed E-state index contributed by atoms with van der Waals surface area (Å²) in [4.78, 5) is 33.0. The Morgan fingerprint density at radius 3 is 2.62 bits per heavy atom. The monoisotopic (exact) mass is 358 g/mol. The van der Waals surface area contributed by atoms with Crippen LogP contribution in [0.2, 0.25) is 0 Å². The first-order valence-corrected chi connectivity index (χ1v) is 9.61. The maximum absolute atomic E-state index is 12.7. The summed E-state index contributed by atoms with van der Waals surface area (Å²) in [6, 6.07) is 7.46. The molecule has 2 aliphatic rings. The van der Waals surface area contributed by atoms with E-state index in [4.69, 9.17) is 0 Å².